The number of pyridine rings is 1. The second-order valence-electron chi connectivity index (χ2n) is 4.89. The van der Waals surface area contributed by atoms with Crippen LogP contribution in [-0.2, 0) is 11.3 Å². The lowest BCUT2D eigenvalue weighted by molar-refractivity contribution is -0.00306. The first-order valence-corrected chi connectivity index (χ1v) is 7.12. The van der Waals surface area contributed by atoms with Crippen molar-refractivity contribution in [2.45, 2.75) is 12.6 Å². The third-order valence-electron chi connectivity index (χ3n) is 3.56. The summed E-state index contributed by atoms with van der Waals surface area (Å²) in [7, 11) is 0. The molecular weight excluding hydrogens is 260 g/mol. The van der Waals surface area contributed by atoms with Crippen LogP contribution in [0.4, 0.5) is 0 Å². The van der Waals surface area contributed by atoms with Gasteiger partial charge < -0.3 is 4.74 Å². The molecule has 1 fully saturated rings. The highest BCUT2D eigenvalue weighted by molar-refractivity contribution is 6.18. The topological polar surface area (TPSA) is 25.4 Å². The molecule has 0 bridgehead atoms. The molecule has 0 saturated carbocycles. The van der Waals surface area contributed by atoms with Gasteiger partial charge in [-0.2, -0.15) is 0 Å². The SMILES string of the molecule is ClCC1COCCN1Cc1cnc2ccccc2c1. The maximum atomic E-state index is 6.00. The van der Waals surface area contributed by atoms with E-state index < -0.39 is 0 Å². The Morgan fingerprint density at radius 2 is 2.26 bits per heavy atom. The van der Waals surface area contributed by atoms with Gasteiger partial charge >= 0.3 is 0 Å². The van der Waals surface area contributed by atoms with Crippen molar-refractivity contribution < 1.29 is 4.74 Å². The van der Waals surface area contributed by atoms with Crippen molar-refractivity contribution in [2.75, 3.05) is 25.6 Å². The highest BCUT2D eigenvalue weighted by Crippen LogP contribution is 2.17. The molecule has 100 valence electrons. The molecule has 0 amide bonds. The van der Waals surface area contributed by atoms with Crippen LogP contribution in [0, 0.1) is 0 Å². The lowest BCUT2D eigenvalue weighted by atomic mass is 10.1. The number of hydrogen-bond acceptors (Lipinski definition) is 3. The molecule has 2 heterocycles. The number of halogens is 1. The predicted octanol–water partition coefficient (Wildman–Crippen LogP) is 2.67. The summed E-state index contributed by atoms with van der Waals surface area (Å²) >= 11 is 6.00. The van der Waals surface area contributed by atoms with Crippen LogP contribution >= 0.6 is 11.6 Å². The Bertz CT molecular complexity index is 561. The molecule has 19 heavy (non-hydrogen) atoms. The van der Waals surface area contributed by atoms with Crippen LogP contribution in [0.15, 0.2) is 36.5 Å². The van der Waals surface area contributed by atoms with Crippen LogP contribution in [0.3, 0.4) is 0 Å². The molecule has 1 saturated heterocycles. The zero-order chi connectivity index (χ0) is 13.1. The number of para-hydroxylation sites is 1. The van der Waals surface area contributed by atoms with E-state index in [-0.39, 0.29) is 0 Å². The first-order chi connectivity index (χ1) is 9.36. The molecule has 1 unspecified atom stereocenters. The summed E-state index contributed by atoms with van der Waals surface area (Å²) in [6, 6.07) is 10.7. The summed E-state index contributed by atoms with van der Waals surface area (Å²) in [4.78, 5) is 6.88. The van der Waals surface area contributed by atoms with Crippen LogP contribution in [0.1, 0.15) is 5.56 Å². The number of nitrogens with zero attached hydrogens (tertiary/aromatic N) is 2. The lowest BCUT2D eigenvalue weighted by Crippen LogP contribution is -2.45. The van der Waals surface area contributed by atoms with E-state index in [1.54, 1.807) is 0 Å². The molecule has 1 aliphatic heterocycles. The van der Waals surface area contributed by atoms with Crippen LogP contribution in [0.25, 0.3) is 10.9 Å². The van der Waals surface area contributed by atoms with Gasteiger partial charge in [0.15, 0.2) is 0 Å². The van der Waals surface area contributed by atoms with E-state index in [0.29, 0.717) is 11.9 Å². The molecule has 3 nitrogen and oxygen atoms in total. The van der Waals surface area contributed by atoms with E-state index in [2.05, 4.69) is 22.0 Å². The van der Waals surface area contributed by atoms with E-state index in [1.807, 2.05) is 24.4 Å². The summed E-state index contributed by atoms with van der Waals surface area (Å²) in [6.45, 7) is 3.34. The van der Waals surface area contributed by atoms with Crippen molar-refractivity contribution in [1.29, 1.82) is 0 Å². The molecule has 0 N–H and O–H groups in total. The van der Waals surface area contributed by atoms with Crippen molar-refractivity contribution in [2.24, 2.45) is 0 Å². The Hall–Kier alpha value is -1.16. The minimum atomic E-state index is 0.307. The molecular formula is C15H17ClN2O. The minimum Gasteiger partial charge on any atom is -0.378 e. The number of fused-ring (bicyclic) bond motifs is 1. The maximum absolute atomic E-state index is 6.00. The maximum Gasteiger partial charge on any atom is 0.0702 e. The van der Waals surface area contributed by atoms with Gasteiger partial charge in [-0.3, -0.25) is 9.88 Å². The van der Waals surface area contributed by atoms with Gasteiger partial charge in [0.05, 0.1) is 18.7 Å². The van der Waals surface area contributed by atoms with Crippen molar-refractivity contribution in [3.63, 3.8) is 0 Å². The summed E-state index contributed by atoms with van der Waals surface area (Å²) in [6.07, 6.45) is 1.96. The van der Waals surface area contributed by atoms with Crippen molar-refractivity contribution in [1.82, 2.24) is 9.88 Å². The van der Waals surface area contributed by atoms with E-state index in [0.717, 1.165) is 31.8 Å². The van der Waals surface area contributed by atoms with Gasteiger partial charge in [-0.05, 0) is 17.7 Å². The van der Waals surface area contributed by atoms with Crippen molar-refractivity contribution in [3.8, 4) is 0 Å². The van der Waals surface area contributed by atoms with Gasteiger partial charge in [-0.25, -0.2) is 0 Å². The second kappa shape index (κ2) is 5.87. The molecule has 1 aromatic heterocycles. The Morgan fingerprint density at radius 3 is 3.16 bits per heavy atom. The predicted molar refractivity (Wildman–Crippen MR) is 77.5 cm³/mol. The number of alkyl halides is 1. The van der Waals surface area contributed by atoms with Gasteiger partial charge in [0.25, 0.3) is 0 Å². The van der Waals surface area contributed by atoms with E-state index in [9.17, 15) is 0 Å². The fourth-order valence-electron chi connectivity index (χ4n) is 2.48. The first-order valence-electron chi connectivity index (χ1n) is 6.58. The van der Waals surface area contributed by atoms with Crippen LogP contribution < -0.4 is 0 Å². The second-order valence-corrected chi connectivity index (χ2v) is 5.20. The summed E-state index contributed by atoms with van der Waals surface area (Å²) in [5.74, 6) is 0.612. The fourth-order valence-corrected chi connectivity index (χ4v) is 2.76. The molecule has 1 aromatic carbocycles. The molecule has 4 heteroatoms. The highest BCUT2D eigenvalue weighted by atomic mass is 35.5. The van der Waals surface area contributed by atoms with Gasteiger partial charge in [0.1, 0.15) is 0 Å². The van der Waals surface area contributed by atoms with E-state index in [4.69, 9.17) is 16.3 Å². The first kappa shape index (κ1) is 12.9. The summed E-state index contributed by atoms with van der Waals surface area (Å²) in [5, 5.41) is 1.19. The fraction of sp³-hybridized carbons (Fsp3) is 0.400. The third kappa shape index (κ3) is 2.89. The van der Waals surface area contributed by atoms with Crippen LogP contribution in [0.2, 0.25) is 0 Å². The minimum absolute atomic E-state index is 0.307. The Balaban J connectivity index is 1.80. The summed E-state index contributed by atoms with van der Waals surface area (Å²) in [5.41, 5.74) is 2.28. The van der Waals surface area contributed by atoms with Gasteiger partial charge in [0.2, 0.25) is 0 Å². The largest absolute Gasteiger partial charge is 0.378 e. The average Bonchev–Trinajstić information content (AvgIpc) is 2.48. The quantitative estimate of drug-likeness (QED) is 0.806. The van der Waals surface area contributed by atoms with E-state index >= 15 is 0 Å². The Labute approximate surface area is 118 Å². The van der Waals surface area contributed by atoms with Crippen molar-refractivity contribution >= 4 is 22.5 Å². The number of aromatic nitrogens is 1. The molecule has 0 radical (unpaired) electrons. The monoisotopic (exact) mass is 276 g/mol. The standard InChI is InChI=1S/C15H17ClN2O/c16-8-14-11-19-6-5-18(14)10-12-7-13-3-1-2-4-15(13)17-9-12/h1-4,7,9,14H,5-6,8,10-11H2. The molecule has 0 aliphatic carbocycles. The number of benzene rings is 1. The molecule has 3 rings (SSSR count). The third-order valence-corrected chi connectivity index (χ3v) is 3.92. The number of hydrogen-bond donors (Lipinski definition) is 0. The highest BCUT2D eigenvalue weighted by Gasteiger charge is 2.22. The zero-order valence-electron chi connectivity index (χ0n) is 10.8. The normalized spacial score (nSPS) is 20.8. The van der Waals surface area contributed by atoms with Crippen LogP contribution in [-0.4, -0.2) is 41.6 Å². The average molecular weight is 277 g/mol. The van der Waals surface area contributed by atoms with Crippen LogP contribution in [0.5, 0.6) is 0 Å². The summed E-state index contributed by atoms with van der Waals surface area (Å²) < 4.78 is 5.47. The molecule has 0 spiro atoms. The number of rotatable bonds is 3. The Morgan fingerprint density at radius 1 is 1.37 bits per heavy atom. The van der Waals surface area contributed by atoms with Gasteiger partial charge in [-0.1, -0.05) is 18.2 Å². The number of morpholine rings is 1. The van der Waals surface area contributed by atoms with Crippen molar-refractivity contribution in [3.05, 3.63) is 42.1 Å². The smallest absolute Gasteiger partial charge is 0.0702 e. The number of ether oxygens (including phenoxy) is 1. The van der Waals surface area contributed by atoms with Gasteiger partial charge in [0, 0.05) is 36.6 Å². The molecule has 1 aliphatic rings. The molecule has 2 aromatic rings. The zero-order valence-corrected chi connectivity index (χ0v) is 11.5. The Kier molecular flexibility index (Phi) is 3.97. The molecule has 1 atom stereocenters. The lowest BCUT2D eigenvalue weighted by Gasteiger charge is -2.34. The van der Waals surface area contributed by atoms with E-state index in [1.165, 1.54) is 10.9 Å². The van der Waals surface area contributed by atoms with Gasteiger partial charge in [-0.15, -0.1) is 11.6 Å².